The first-order valence-corrected chi connectivity index (χ1v) is 6.82. The van der Waals surface area contributed by atoms with E-state index in [2.05, 4.69) is 0 Å². The maximum Gasteiger partial charge on any atom is 3.00 e. The molecule has 0 fully saturated rings. The first-order valence-electron chi connectivity index (χ1n) is 6.82. The number of ketones is 6. The Morgan fingerprint density at radius 1 is 0.464 bits per heavy atom. The van der Waals surface area contributed by atoms with Crippen LogP contribution in [-0.4, -0.2) is 52.6 Å². The monoisotopic (exact) mass is 574 g/mol. The van der Waals surface area contributed by atoms with E-state index in [1.54, 1.807) is 0 Å². The standard InChI is InChI=1S/3C5H6O4.Re/c3*1-3(6)2-4(7)5(8)9;/h3*2H2,1H3,(H,8,9);/q;;;+3/p-3. The summed E-state index contributed by atoms with van der Waals surface area (Å²) in [5, 5.41) is 28.9. The molecule has 0 atom stereocenters. The van der Waals surface area contributed by atoms with Gasteiger partial charge in [0.15, 0.2) is 17.3 Å². The summed E-state index contributed by atoms with van der Waals surface area (Å²) in [5.41, 5.74) is 0. The average Bonchev–Trinajstić information content (AvgIpc) is 2.46. The summed E-state index contributed by atoms with van der Waals surface area (Å²) in [6.07, 6.45) is -1.70. The molecule has 0 aromatic carbocycles. The fourth-order valence-electron chi connectivity index (χ4n) is 0.895. The molecule has 0 bridgehead atoms. The van der Waals surface area contributed by atoms with Gasteiger partial charge >= 0.3 is 20.4 Å². The number of carbonyl (C=O) groups is 9. The van der Waals surface area contributed by atoms with E-state index in [-0.39, 0.29) is 20.4 Å². The fourth-order valence-corrected chi connectivity index (χ4v) is 0.895. The van der Waals surface area contributed by atoms with Gasteiger partial charge in [0.2, 0.25) is 0 Å². The van der Waals surface area contributed by atoms with Crippen LogP contribution in [0.4, 0.5) is 0 Å². The molecule has 0 aliphatic rings. The fraction of sp³-hybridized carbons (Fsp3) is 0.400. The molecule has 0 aliphatic heterocycles. The Labute approximate surface area is 171 Å². The molecule has 0 aliphatic carbocycles. The van der Waals surface area contributed by atoms with Crippen LogP contribution in [-0.2, 0) is 63.6 Å². The Balaban J connectivity index is -0.000000152. The van der Waals surface area contributed by atoms with E-state index >= 15 is 0 Å². The van der Waals surface area contributed by atoms with Gasteiger partial charge in [0.25, 0.3) is 0 Å². The Morgan fingerprint density at radius 3 is 0.643 bits per heavy atom. The van der Waals surface area contributed by atoms with Gasteiger partial charge in [-0.3, -0.25) is 28.8 Å². The average molecular weight is 573 g/mol. The van der Waals surface area contributed by atoms with Crippen molar-refractivity contribution in [1.82, 2.24) is 0 Å². The molecule has 13 heteroatoms. The summed E-state index contributed by atoms with van der Waals surface area (Å²) in [6, 6.07) is 0. The minimum absolute atomic E-state index is 0. The van der Waals surface area contributed by atoms with Crippen molar-refractivity contribution in [2.24, 2.45) is 0 Å². The summed E-state index contributed by atoms with van der Waals surface area (Å²) in [5.74, 6) is -10.3. The van der Waals surface area contributed by atoms with Crippen molar-refractivity contribution in [2.75, 3.05) is 0 Å². The summed E-state index contributed by atoms with van der Waals surface area (Å²) in [4.78, 5) is 89.2. The molecule has 0 amide bonds. The quantitative estimate of drug-likeness (QED) is 0.187. The maximum atomic E-state index is 10.1. The van der Waals surface area contributed by atoms with Gasteiger partial charge in [0.1, 0.15) is 35.3 Å². The summed E-state index contributed by atoms with van der Waals surface area (Å²) >= 11 is 0. The van der Waals surface area contributed by atoms with Crippen molar-refractivity contribution in [2.45, 2.75) is 40.0 Å². The smallest absolute Gasteiger partial charge is 0.542 e. The molecular formula is C15H15O12Re. The number of carbonyl (C=O) groups excluding carboxylic acids is 9. The van der Waals surface area contributed by atoms with Crippen molar-refractivity contribution < 1.29 is 78.9 Å². The van der Waals surface area contributed by atoms with Crippen LogP contribution in [0.5, 0.6) is 0 Å². The molecule has 0 N–H and O–H groups in total. The molecule has 0 saturated carbocycles. The van der Waals surface area contributed by atoms with Crippen molar-refractivity contribution in [1.29, 1.82) is 0 Å². The number of hydrogen-bond acceptors (Lipinski definition) is 12. The van der Waals surface area contributed by atoms with Crippen LogP contribution in [0.25, 0.3) is 0 Å². The van der Waals surface area contributed by atoms with E-state index in [0.717, 1.165) is 20.8 Å². The molecule has 0 spiro atoms. The van der Waals surface area contributed by atoms with Gasteiger partial charge in [0, 0.05) is 0 Å². The van der Waals surface area contributed by atoms with E-state index in [1.807, 2.05) is 0 Å². The SMILES string of the molecule is CC(=O)CC(=O)C(=O)[O-].CC(=O)CC(=O)C(=O)[O-].CC(=O)CC(=O)C(=O)[O-].[Re+3]. The molecule has 0 aromatic heterocycles. The second-order valence-electron chi connectivity index (χ2n) is 4.77. The summed E-state index contributed by atoms with van der Waals surface area (Å²) < 4.78 is 0. The van der Waals surface area contributed by atoms with Crippen LogP contribution in [0.15, 0.2) is 0 Å². The van der Waals surface area contributed by atoms with Crippen LogP contribution in [0.2, 0.25) is 0 Å². The predicted octanol–water partition coefficient (Wildman–Crippen LogP) is -5.15. The molecule has 0 aromatic rings. The van der Waals surface area contributed by atoms with Crippen molar-refractivity contribution >= 4 is 52.6 Å². The molecule has 154 valence electrons. The minimum Gasteiger partial charge on any atom is -0.542 e. The molecule has 28 heavy (non-hydrogen) atoms. The molecular weight excluding hydrogens is 558 g/mol. The predicted molar refractivity (Wildman–Crippen MR) is 75.9 cm³/mol. The minimum atomic E-state index is -1.80. The third kappa shape index (κ3) is 25.3. The molecule has 0 saturated heterocycles. The molecule has 0 radical (unpaired) electrons. The zero-order valence-corrected chi connectivity index (χ0v) is 17.6. The number of aliphatic carboxylic acids is 3. The third-order valence-electron chi connectivity index (χ3n) is 1.91. The van der Waals surface area contributed by atoms with Crippen LogP contribution < -0.4 is 15.3 Å². The van der Waals surface area contributed by atoms with E-state index in [4.69, 9.17) is 0 Å². The molecule has 0 heterocycles. The number of Topliss-reactive ketones (excluding diaryl/α,β-unsaturated/α-hetero) is 6. The van der Waals surface area contributed by atoms with Gasteiger partial charge in [-0.05, 0) is 20.8 Å². The van der Waals surface area contributed by atoms with Crippen LogP contribution in [0.3, 0.4) is 0 Å². The van der Waals surface area contributed by atoms with Crippen molar-refractivity contribution in [3.63, 3.8) is 0 Å². The van der Waals surface area contributed by atoms with Gasteiger partial charge in [-0.25, -0.2) is 0 Å². The first kappa shape index (κ1) is 32.7. The maximum absolute atomic E-state index is 10.1. The second-order valence-corrected chi connectivity index (χ2v) is 4.77. The van der Waals surface area contributed by atoms with Crippen LogP contribution in [0.1, 0.15) is 40.0 Å². The van der Waals surface area contributed by atoms with Gasteiger partial charge in [-0.1, -0.05) is 0 Å². The normalized spacial score (nSPS) is 8.25. The van der Waals surface area contributed by atoms with E-state index in [0.29, 0.717) is 0 Å². The third-order valence-corrected chi connectivity index (χ3v) is 1.91. The Bertz CT molecular complexity index is 572. The summed E-state index contributed by atoms with van der Waals surface area (Å²) in [7, 11) is 0. The molecule has 0 unspecified atom stereocenters. The van der Waals surface area contributed by atoms with E-state index < -0.39 is 71.9 Å². The first-order chi connectivity index (χ1) is 12.1. The topological polar surface area (TPSA) is 223 Å². The zero-order chi connectivity index (χ0) is 22.3. The molecule has 0 rings (SSSR count). The van der Waals surface area contributed by atoms with Gasteiger partial charge in [0.05, 0.1) is 19.3 Å². The van der Waals surface area contributed by atoms with E-state index in [1.165, 1.54) is 0 Å². The van der Waals surface area contributed by atoms with Crippen LogP contribution in [0, 0.1) is 0 Å². The Hall–Kier alpha value is -2.91. The largest absolute Gasteiger partial charge is 3.00 e. The second kappa shape index (κ2) is 17.5. The van der Waals surface area contributed by atoms with Gasteiger partial charge in [-0.2, -0.15) is 0 Å². The van der Waals surface area contributed by atoms with Crippen molar-refractivity contribution in [3.05, 3.63) is 0 Å². The summed E-state index contributed by atoms with van der Waals surface area (Å²) in [6.45, 7) is 3.42. The van der Waals surface area contributed by atoms with Crippen molar-refractivity contribution in [3.8, 4) is 0 Å². The van der Waals surface area contributed by atoms with E-state index in [9.17, 15) is 58.5 Å². The number of rotatable bonds is 9. The van der Waals surface area contributed by atoms with Crippen LogP contribution >= 0.6 is 0 Å². The number of carboxylic acids is 3. The number of hydrogen-bond donors (Lipinski definition) is 0. The zero-order valence-electron chi connectivity index (χ0n) is 14.9. The Kier molecular flexibility index (Phi) is 20.5. The number of carboxylic acid groups (broad SMARTS) is 3. The molecule has 12 nitrogen and oxygen atoms in total. The van der Waals surface area contributed by atoms with Gasteiger partial charge < -0.3 is 29.7 Å². The Morgan fingerprint density at radius 2 is 0.607 bits per heavy atom. The van der Waals surface area contributed by atoms with Gasteiger partial charge in [-0.15, -0.1) is 0 Å².